The minimum Gasteiger partial charge on any atom is -0.457 e. The Balaban J connectivity index is 1.97. The van der Waals surface area contributed by atoms with Gasteiger partial charge < -0.3 is 14.2 Å². The first-order valence-corrected chi connectivity index (χ1v) is 10.2. The minimum atomic E-state index is -0.348. The molecule has 0 saturated carbocycles. The molecule has 0 radical (unpaired) electrons. The molecule has 5 nitrogen and oxygen atoms in total. The average Bonchev–Trinajstić information content (AvgIpc) is 2.81. The minimum absolute atomic E-state index is 0.239. The number of esters is 2. The second-order valence-electron chi connectivity index (χ2n) is 6.98. The molecular formula is C26H22O5. The van der Waals surface area contributed by atoms with Gasteiger partial charge in [0.15, 0.2) is 0 Å². The number of fused-ring (bicyclic) bond motifs is 2. The molecule has 0 aliphatic rings. The van der Waals surface area contributed by atoms with Gasteiger partial charge in [-0.3, -0.25) is 9.59 Å². The quantitative estimate of drug-likeness (QED) is 0.207. The molecule has 0 fully saturated rings. The van der Waals surface area contributed by atoms with Crippen LogP contribution in [0, 0.1) is 0 Å². The van der Waals surface area contributed by atoms with Gasteiger partial charge in [0.2, 0.25) is 0 Å². The number of para-hydroxylation sites is 1. The maximum Gasteiger partial charge on any atom is 0.310 e. The molecule has 156 valence electrons. The van der Waals surface area contributed by atoms with E-state index in [4.69, 9.17) is 14.2 Å². The van der Waals surface area contributed by atoms with Crippen LogP contribution in [-0.2, 0) is 9.59 Å². The van der Waals surface area contributed by atoms with E-state index in [2.05, 4.69) is 0 Å². The molecule has 0 bridgehead atoms. The van der Waals surface area contributed by atoms with E-state index in [1.165, 1.54) is 0 Å². The number of carbonyl (C=O) groups excluding carboxylic acids is 2. The van der Waals surface area contributed by atoms with Crippen molar-refractivity contribution in [3.63, 3.8) is 0 Å². The maximum absolute atomic E-state index is 12.2. The fraction of sp³-hybridized carbons (Fsp3) is 0.154. The molecule has 0 aromatic heterocycles. The zero-order valence-corrected chi connectivity index (χ0v) is 17.4. The van der Waals surface area contributed by atoms with Crippen molar-refractivity contribution in [1.82, 2.24) is 0 Å². The zero-order valence-electron chi connectivity index (χ0n) is 17.4. The summed E-state index contributed by atoms with van der Waals surface area (Å²) in [6.07, 6.45) is 0.486. The van der Waals surface area contributed by atoms with Gasteiger partial charge in [-0.25, -0.2) is 0 Å². The van der Waals surface area contributed by atoms with Crippen LogP contribution in [0.15, 0.2) is 72.8 Å². The molecule has 5 heteroatoms. The largest absolute Gasteiger partial charge is 0.457 e. The van der Waals surface area contributed by atoms with Crippen molar-refractivity contribution < 1.29 is 23.8 Å². The zero-order chi connectivity index (χ0) is 21.8. The van der Waals surface area contributed by atoms with E-state index in [-0.39, 0.29) is 24.8 Å². The summed E-state index contributed by atoms with van der Waals surface area (Å²) in [5, 5.41) is 2.69. The third-order valence-corrected chi connectivity index (χ3v) is 4.88. The van der Waals surface area contributed by atoms with E-state index in [1.807, 2.05) is 60.7 Å². The predicted molar refractivity (Wildman–Crippen MR) is 120 cm³/mol. The second-order valence-corrected chi connectivity index (χ2v) is 6.98. The highest BCUT2D eigenvalue weighted by atomic mass is 16.5. The molecule has 0 aliphatic carbocycles. The van der Waals surface area contributed by atoms with Gasteiger partial charge in [0.1, 0.15) is 23.0 Å². The van der Waals surface area contributed by atoms with Crippen molar-refractivity contribution in [3.05, 3.63) is 72.8 Å². The van der Waals surface area contributed by atoms with E-state index in [1.54, 1.807) is 26.0 Å². The first kappa shape index (κ1) is 20.4. The van der Waals surface area contributed by atoms with Crippen molar-refractivity contribution in [3.8, 4) is 23.0 Å². The van der Waals surface area contributed by atoms with Crippen LogP contribution in [0.1, 0.15) is 26.7 Å². The second kappa shape index (κ2) is 8.88. The molecule has 0 N–H and O–H groups in total. The summed E-state index contributed by atoms with van der Waals surface area (Å²) in [6.45, 7) is 3.49. The van der Waals surface area contributed by atoms with E-state index >= 15 is 0 Å². The summed E-state index contributed by atoms with van der Waals surface area (Å²) in [5.41, 5.74) is 0. The molecule has 31 heavy (non-hydrogen) atoms. The predicted octanol–water partition coefficient (Wildman–Crippen LogP) is 6.42. The van der Waals surface area contributed by atoms with Crippen LogP contribution in [0.5, 0.6) is 23.0 Å². The molecule has 0 amide bonds. The van der Waals surface area contributed by atoms with Gasteiger partial charge in [0, 0.05) is 34.4 Å². The van der Waals surface area contributed by atoms with Gasteiger partial charge in [-0.05, 0) is 30.3 Å². The van der Waals surface area contributed by atoms with Crippen LogP contribution in [0.2, 0.25) is 0 Å². The highest BCUT2D eigenvalue weighted by molar-refractivity contribution is 6.13. The summed E-state index contributed by atoms with van der Waals surface area (Å²) in [6, 6.07) is 22.2. The summed E-state index contributed by atoms with van der Waals surface area (Å²) < 4.78 is 17.4. The molecule has 0 spiro atoms. The number of carbonyl (C=O) groups is 2. The van der Waals surface area contributed by atoms with Gasteiger partial charge >= 0.3 is 11.9 Å². The summed E-state index contributed by atoms with van der Waals surface area (Å²) in [7, 11) is 0. The molecule has 0 saturated heterocycles. The normalized spacial score (nSPS) is 10.8. The number of rotatable bonds is 6. The summed E-state index contributed by atoms with van der Waals surface area (Å²) in [5.74, 6) is 1.45. The maximum atomic E-state index is 12.2. The molecule has 0 unspecified atom stereocenters. The molecule has 0 heterocycles. The number of hydrogen-bond acceptors (Lipinski definition) is 5. The Morgan fingerprint density at radius 1 is 0.613 bits per heavy atom. The van der Waals surface area contributed by atoms with E-state index in [0.29, 0.717) is 44.5 Å². The van der Waals surface area contributed by atoms with E-state index < -0.39 is 0 Å². The van der Waals surface area contributed by atoms with Crippen molar-refractivity contribution in [2.75, 3.05) is 0 Å². The molecule has 4 aromatic rings. The Hall–Kier alpha value is -3.86. The lowest BCUT2D eigenvalue weighted by Gasteiger charge is -2.17. The third kappa shape index (κ3) is 4.21. The summed E-state index contributed by atoms with van der Waals surface area (Å²) >= 11 is 0. The highest BCUT2D eigenvalue weighted by Crippen LogP contribution is 2.44. The summed E-state index contributed by atoms with van der Waals surface area (Å²) in [4.78, 5) is 24.4. The Morgan fingerprint density at radius 2 is 1.13 bits per heavy atom. The fourth-order valence-corrected chi connectivity index (χ4v) is 3.36. The lowest BCUT2D eigenvalue weighted by Crippen LogP contribution is -2.09. The van der Waals surface area contributed by atoms with Gasteiger partial charge in [-0.2, -0.15) is 0 Å². The lowest BCUT2D eigenvalue weighted by molar-refractivity contribution is -0.134. The highest BCUT2D eigenvalue weighted by Gasteiger charge is 2.20. The van der Waals surface area contributed by atoms with Gasteiger partial charge in [-0.1, -0.05) is 56.3 Å². The van der Waals surface area contributed by atoms with Crippen LogP contribution in [-0.4, -0.2) is 11.9 Å². The molecular weight excluding hydrogens is 392 g/mol. The van der Waals surface area contributed by atoms with Crippen molar-refractivity contribution in [2.45, 2.75) is 26.7 Å². The molecule has 0 atom stereocenters. The number of benzene rings is 4. The first-order valence-electron chi connectivity index (χ1n) is 10.2. The molecule has 0 aliphatic heterocycles. The van der Waals surface area contributed by atoms with E-state index in [9.17, 15) is 9.59 Å². The van der Waals surface area contributed by atoms with Gasteiger partial charge in [0.25, 0.3) is 0 Å². The Morgan fingerprint density at radius 3 is 1.71 bits per heavy atom. The lowest BCUT2D eigenvalue weighted by atomic mass is 10.00. The Labute approximate surface area is 180 Å². The van der Waals surface area contributed by atoms with Crippen molar-refractivity contribution >= 4 is 33.5 Å². The van der Waals surface area contributed by atoms with E-state index in [0.717, 1.165) is 0 Å². The van der Waals surface area contributed by atoms with Gasteiger partial charge in [0.05, 0.1) is 0 Å². The number of ether oxygens (including phenoxy) is 3. The van der Waals surface area contributed by atoms with Crippen molar-refractivity contribution in [1.29, 1.82) is 0 Å². The molecule has 4 rings (SSSR count). The SMILES string of the molecule is CCC(=O)Oc1c2ccccc2c(OC(=O)CC)c2cc(Oc3ccccc3)ccc12. The van der Waals surface area contributed by atoms with Crippen LogP contribution in [0.3, 0.4) is 0 Å². The van der Waals surface area contributed by atoms with Crippen LogP contribution in [0.4, 0.5) is 0 Å². The molecule has 4 aromatic carbocycles. The topological polar surface area (TPSA) is 61.8 Å². The smallest absolute Gasteiger partial charge is 0.310 e. The fourth-order valence-electron chi connectivity index (χ4n) is 3.36. The monoisotopic (exact) mass is 414 g/mol. The third-order valence-electron chi connectivity index (χ3n) is 4.88. The van der Waals surface area contributed by atoms with Crippen LogP contribution in [0.25, 0.3) is 21.5 Å². The first-order chi connectivity index (χ1) is 15.1. The Bertz CT molecular complexity index is 1260. The number of hydrogen-bond donors (Lipinski definition) is 0. The Kier molecular flexibility index (Phi) is 5.85. The average molecular weight is 414 g/mol. The van der Waals surface area contributed by atoms with Crippen LogP contribution < -0.4 is 14.2 Å². The van der Waals surface area contributed by atoms with Crippen molar-refractivity contribution in [2.24, 2.45) is 0 Å². The van der Waals surface area contributed by atoms with Crippen LogP contribution >= 0.6 is 0 Å². The standard InChI is InChI=1S/C26H22O5/c1-3-23(27)30-25-19-12-8-9-13-20(19)26(31-24(28)4-2)22-16-18(14-15-21(22)25)29-17-10-6-5-7-11-17/h5-16H,3-4H2,1-2H3. The van der Waals surface area contributed by atoms with Gasteiger partial charge in [-0.15, -0.1) is 0 Å².